The van der Waals surface area contributed by atoms with Crippen LogP contribution in [-0.2, 0) is 15.0 Å². The topological polar surface area (TPSA) is 66.5 Å². The first-order chi connectivity index (χ1) is 13.1. The Kier molecular flexibility index (Phi) is 6.37. The molecule has 1 N–H and O–H groups in total. The quantitative estimate of drug-likeness (QED) is 0.495. The van der Waals surface area contributed by atoms with Crippen LogP contribution < -0.4 is 5.32 Å². The highest BCUT2D eigenvalue weighted by Gasteiger charge is 2.23. The van der Waals surface area contributed by atoms with Crippen molar-refractivity contribution in [2.75, 3.05) is 18.9 Å². The molecule has 2 amide bonds. The van der Waals surface area contributed by atoms with E-state index in [1.165, 1.54) is 7.05 Å². The van der Waals surface area contributed by atoms with Gasteiger partial charge in [-0.1, -0.05) is 57.0 Å². The number of benzene rings is 2. The molecule has 0 heterocycles. The number of rotatable bonds is 5. The lowest BCUT2D eigenvalue weighted by molar-refractivity contribution is -0.129. The molecule has 5 heteroatoms. The van der Waals surface area contributed by atoms with E-state index >= 15 is 0 Å². The lowest BCUT2D eigenvalue weighted by atomic mass is 9.86. The highest BCUT2D eigenvalue weighted by Crippen LogP contribution is 2.22. The summed E-state index contributed by atoms with van der Waals surface area (Å²) >= 11 is 0. The molecule has 0 aliphatic carbocycles. The molecule has 0 radical (unpaired) electrons. The van der Waals surface area contributed by atoms with Crippen molar-refractivity contribution in [1.29, 1.82) is 0 Å². The van der Waals surface area contributed by atoms with Crippen molar-refractivity contribution in [1.82, 2.24) is 4.90 Å². The van der Waals surface area contributed by atoms with Crippen LogP contribution in [0.2, 0.25) is 0 Å². The van der Waals surface area contributed by atoms with Gasteiger partial charge in [-0.05, 0) is 29.2 Å². The minimum absolute atomic E-state index is 0.0445. The van der Waals surface area contributed by atoms with Crippen molar-refractivity contribution in [3.8, 4) is 12.3 Å². The predicted molar refractivity (Wildman–Crippen MR) is 110 cm³/mol. The first-order valence-electron chi connectivity index (χ1n) is 8.88. The molecule has 0 spiro atoms. The molecule has 0 bridgehead atoms. The zero-order valence-corrected chi connectivity index (χ0v) is 16.6. The summed E-state index contributed by atoms with van der Waals surface area (Å²) in [4.78, 5) is 38.1. The Labute approximate surface area is 165 Å². The molecular weight excluding hydrogens is 352 g/mol. The Balaban J connectivity index is 2.00. The van der Waals surface area contributed by atoms with E-state index in [1.807, 2.05) is 12.1 Å². The lowest BCUT2D eigenvalue weighted by Crippen LogP contribution is -2.39. The molecule has 0 unspecified atom stereocenters. The SMILES string of the molecule is C#Cc1cccc(NC(=O)CN(C)C(=O)C(=O)c2ccc(C(C)(C)C)cc2)c1. The van der Waals surface area contributed by atoms with Crippen LogP contribution in [0.25, 0.3) is 0 Å². The van der Waals surface area contributed by atoms with Gasteiger partial charge in [0.1, 0.15) is 0 Å². The van der Waals surface area contributed by atoms with Crippen LogP contribution in [0.4, 0.5) is 5.69 Å². The molecule has 0 saturated carbocycles. The molecule has 0 atom stereocenters. The van der Waals surface area contributed by atoms with Crippen molar-refractivity contribution in [2.24, 2.45) is 0 Å². The van der Waals surface area contributed by atoms with Gasteiger partial charge in [0.05, 0.1) is 6.54 Å². The van der Waals surface area contributed by atoms with Crippen LogP contribution in [0.5, 0.6) is 0 Å². The summed E-state index contributed by atoms with van der Waals surface area (Å²) < 4.78 is 0. The summed E-state index contributed by atoms with van der Waals surface area (Å²) in [5.41, 5.74) is 2.49. The second-order valence-electron chi connectivity index (χ2n) is 7.59. The van der Waals surface area contributed by atoms with Gasteiger partial charge in [0.15, 0.2) is 0 Å². The van der Waals surface area contributed by atoms with E-state index in [-0.39, 0.29) is 12.0 Å². The molecule has 0 aliphatic rings. The number of Topliss-reactive ketones (excluding diaryl/α,β-unsaturated/α-hetero) is 1. The number of ketones is 1. The smallest absolute Gasteiger partial charge is 0.295 e. The van der Waals surface area contributed by atoms with Crippen molar-refractivity contribution >= 4 is 23.3 Å². The molecule has 2 aromatic carbocycles. The molecule has 0 aliphatic heterocycles. The zero-order valence-electron chi connectivity index (χ0n) is 16.6. The number of nitrogens with one attached hydrogen (secondary N) is 1. The largest absolute Gasteiger partial charge is 0.330 e. The third kappa shape index (κ3) is 5.31. The van der Waals surface area contributed by atoms with Gasteiger partial charge in [0.25, 0.3) is 5.91 Å². The van der Waals surface area contributed by atoms with Gasteiger partial charge in [-0.15, -0.1) is 6.42 Å². The van der Waals surface area contributed by atoms with E-state index < -0.39 is 17.6 Å². The Hall–Kier alpha value is -3.39. The average Bonchev–Trinajstić information content (AvgIpc) is 2.66. The predicted octanol–water partition coefficient (Wildman–Crippen LogP) is 3.25. The van der Waals surface area contributed by atoms with Crippen LogP contribution in [0, 0.1) is 12.3 Å². The minimum Gasteiger partial charge on any atom is -0.330 e. The monoisotopic (exact) mass is 376 g/mol. The second kappa shape index (κ2) is 8.53. The van der Waals surface area contributed by atoms with Crippen molar-refractivity contribution in [3.05, 3.63) is 65.2 Å². The molecule has 144 valence electrons. The van der Waals surface area contributed by atoms with Crippen LogP contribution in [0.15, 0.2) is 48.5 Å². The molecule has 28 heavy (non-hydrogen) atoms. The van der Waals surface area contributed by atoms with E-state index in [0.717, 1.165) is 10.5 Å². The maximum atomic E-state index is 12.4. The molecule has 0 saturated heterocycles. The standard InChI is InChI=1S/C23H24N2O3/c1-6-16-8-7-9-19(14-16)24-20(26)15-25(5)22(28)21(27)17-10-12-18(13-11-17)23(2,3)4/h1,7-14H,15H2,2-5H3,(H,24,26). The molecule has 2 aromatic rings. The van der Waals surface area contributed by atoms with Crippen molar-refractivity contribution < 1.29 is 14.4 Å². The summed E-state index contributed by atoms with van der Waals surface area (Å²) in [6.07, 6.45) is 5.34. The maximum absolute atomic E-state index is 12.4. The van der Waals surface area contributed by atoms with Crippen molar-refractivity contribution in [3.63, 3.8) is 0 Å². The number of likely N-dealkylation sites (N-methyl/N-ethyl adjacent to an activating group) is 1. The number of hydrogen-bond donors (Lipinski definition) is 1. The van der Waals surface area contributed by atoms with Crippen LogP contribution in [0.1, 0.15) is 42.3 Å². The third-order valence-corrected chi connectivity index (χ3v) is 4.25. The fourth-order valence-electron chi connectivity index (χ4n) is 2.59. The first-order valence-corrected chi connectivity index (χ1v) is 8.88. The second-order valence-corrected chi connectivity index (χ2v) is 7.59. The number of nitrogens with zero attached hydrogens (tertiary/aromatic N) is 1. The molecule has 2 rings (SSSR count). The van der Waals surface area contributed by atoms with Gasteiger partial charge in [-0.3, -0.25) is 14.4 Å². The van der Waals surface area contributed by atoms with Crippen LogP contribution in [0.3, 0.4) is 0 Å². The Morgan fingerprint density at radius 3 is 2.29 bits per heavy atom. The number of hydrogen-bond acceptors (Lipinski definition) is 3. The van der Waals surface area contributed by atoms with Gasteiger partial charge < -0.3 is 10.2 Å². The number of anilines is 1. The Morgan fingerprint density at radius 2 is 1.71 bits per heavy atom. The fourth-order valence-corrected chi connectivity index (χ4v) is 2.59. The van der Waals surface area contributed by atoms with E-state index in [4.69, 9.17) is 6.42 Å². The van der Waals surface area contributed by atoms with E-state index in [9.17, 15) is 14.4 Å². The maximum Gasteiger partial charge on any atom is 0.295 e. The van der Waals surface area contributed by atoms with Crippen LogP contribution >= 0.6 is 0 Å². The normalized spacial score (nSPS) is 10.7. The first kappa shape index (κ1) is 20.9. The van der Waals surface area contributed by atoms with E-state index in [2.05, 4.69) is 32.0 Å². The molecule has 0 fully saturated rings. The molecule has 5 nitrogen and oxygen atoms in total. The lowest BCUT2D eigenvalue weighted by Gasteiger charge is -2.19. The summed E-state index contributed by atoms with van der Waals surface area (Å²) in [6, 6.07) is 13.8. The van der Waals surface area contributed by atoms with Gasteiger partial charge in [-0.2, -0.15) is 0 Å². The van der Waals surface area contributed by atoms with Gasteiger partial charge in [0, 0.05) is 23.9 Å². The van der Waals surface area contributed by atoms with E-state index in [0.29, 0.717) is 16.8 Å². The van der Waals surface area contributed by atoms with E-state index in [1.54, 1.807) is 36.4 Å². The third-order valence-electron chi connectivity index (χ3n) is 4.25. The fraction of sp³-hybridized carbons (Fsp3) is 0.261. The van der Waals surface area contributed by atoms with Crippen molar-refractivity contribution in [2.45, 2.75) is 26.2 Å². The number of amides is 2. The average molecular weight is 376 g/mol. The highest BCUT2D eigenvalue weighted by atomic mass is 16.2. The van der Waals surface area contributed by atoms with Crippen LogP contribution in [-0.4, -0.2) is 36.1 Å². The minimum atomic E-state index is -0.740. The highest BCUT2D eigenvalue weighted by molar-refractivity contribution is 6.42. The van der Waals surface area contributed by atoms with Gasteiger partial charge >= 0.3 is 0 Å². The molecular formula is C23H24N2O3. The summed E-state index contributed by atoms with van der Waals surface area (Å²) in [5, 5.41) is 2.67. The summed E-state index contributed by atoms with van der Waals surface area (Å²) in [7, 11) is 1.42. The van der Waals surface area contributed by atoms with Gasteiger partial charge in [-0.25, -0.2) is 0 Å². The zero-order chi connectivity index (χ0) is 20.9. The Bertz CT molecular complexity index is 932. The number of terminal acetylenes is 1. The molecule has 0 aromatic heterocycles. The van der Waals surface area contributed by atoms with Gasteiger partial charge in [0.2, 0.25) is 11.7 Å². The summed E-state index contributed by atoms with van der Waals surface area (Å²) in [5.74, 6) is 0.682. The summed E-state index contributed by atoms with van der Waals surface area (Å²) in [6.45, 7) is 5.97. The number of carbonyl (C=O) groups is 3. The Morgan fingerprint density at radius 1 is 1.07 bits per heavy atom. The number of carbonyl (C=O) groups excluding carboxylic acids is 3.